The summed E-state index contributed by atoms with van der Waals surface area (Å²) in [5.41, 5.74) is 0. The summed E-state index contributed by atoms with van der Waals surface area (Å²) in [5, 5.41) is 11.4. The topological polar surface area (TPSA) is 66.4 Å². The predicted molar refractivity (Wildman–Crippen MR) is 67.2 cm³/mol. The lowest BCUT2D eigenvalue weighted by Gasteiger charge is -2.14. The first-order valence-corrected chi connectivity index (χ1v) is 6.30. The van der Waals surface area contributed by atoms with Crippen LogP contribution in [-0.2, 0) is 16.0 Å². The highest BCUT2D eigenvalue weighted by Gasteiger charge is 2.21. The van der Waals surface area contributed by atoms with Crippen molar-refractivity contribution < 1.29 is 14.7 Å². The molecule has 0 saturated carbocycles. The fraction of sp³-hybridized carbons (Fsp3) is 0.500. The number of carbonyl (C=O) groups excluding carboxylic acids is 1. The first-order valence-electron chi connectivity index (χ1n) is 5.48. The van der Waals surface area contributed by atoms with E-state index in [-0.39, 0.29) is 6.04 Å². The van der Waals surface area contributed by atoms with Crippen molar-refractivity contribution in [2.24, 2.45) is 5.92 Å². The highest BCUT2D eigenvalue weighted by molar-refractivity contribution is 7.11. The fourth-order valence-corrected chi connectivity index (χ4v) is 2.45. The van der Waals surface area contributed by atoms with Gasteiger partial charge in [-0.25, -0.2) is 0 Å². The summed E-state index contributed by atoms with van der Waals surface area (Å²) in [6.45, 7) is 5.30. The highest BCUT2D eigenvalue weighted by Crippen LogP contribution is 2.16. The number of rotatable bonds is 5. The van der Waals surface area contributed by atoms with Gasteiger partial charge in [-0.3, -0.25) is 9.59 Å². The number of nitrogens with one attached hydrogen (secondary N) is 1. The SMILES string of the molecule is Cc1ccc(CC(C)NC(=O)C(C)C(=O)O)s1. The van der Waals surface area contributed by atoms with Gasteiger partial charge in [-0.15, -0.1) is 11.3 Å². The molecule has 2 unspecified atom stereocenters. The third-order valence-electron chi connectivity index (χ3n) is 2.46. The van der Waals surface area contributed by atoms with Crippen molar-refractivity contribution in [3.8, 4) is 0 Å². The summed E-state index contributed by atoms with van der Waals surface area (Å²) in [7, 11) is 0. The molecule has 0 aliphatic rings. The van der Waals surface area contributed by atoms with E-state index in [1.807, 2.05) is 26.0 Å². The zero-order valence-electron chi connectivity index (χ0n) is 10.2. The summed E-state index contributed by atoms with van der Waals surface area (Å²) >= 11 is 1.69. The van der Waals surface area contributed by atoms with Crippen molar-refractivity contribution in [3.05, 3.63) is 21.9 Å². The van der Waals surface area contributed by atoms with E-state index in [0.29, 0.717) is 0 Å². The third kappa shape index (κ3) is 4.19. The molecule has 0 spiro atoms. The van der Waals surface area contributed by atoms with Crippen LogP contribution in [0, 0.1) is 12.8 Å². The van der Waals surface area contributed by atoms with Gasteiger partial charge < -0.3 is 10.4 Å². The molecule has 1 rings (SSSR count). The van der Waals surface area contributed by atoms with Gasteiger partial charge in [0.05, 0.1) is 0 Å². The molecule has 1 aromatic rings. The van der Waals surface area contributed by atoms with Crippen LogP contribution in [-0.4, -0.2) is 23.0 Å². The summed E-state index contributed by atoms with van der Waals surface area (Å²) in [6.07, 6.45) is 0.733. The van der Waals surface area contributed by atoms with Gasteiger partial charge in [0, 0.05) is 22.2 Å². The Morgan fingerprint density at radius 2 is 2.06 bits per heavy atom. The number of hydrogen-bond acceptors (Lipinski definition) is 3. The van der Waals surface area contributed by atoms with Crippen LogP contribution in [0.5, 0.6) is 0 Å². The highest BCUT2D eigenvalue weighted by atomic mass is 32.1. The Kier molecular flexibility index (Phi) is 4.69. The van der Waals surface area contributed by atoms with Crippen molar-refractivity contribution in [1.29, 1.82) is 0 Å². The molecule has 1 amide bonds. The standard InChI is InChI=1S/C12H17NO3S/c1-7(6-10-5-4-8(2)17-10)13-11(14)9(3)12(15)16/h4-5,7,9H,6H2,1-3H3,(H,13,14)(H,15,16). The van der Waals surface area contributed by atoms with Crippen LogP contribution < -0.4 is 5.32 Å². The number of carboxylic acids is 1. The maximum absolute atomic E-state index is 11.5. The third-order valence-corrected chi connectivity index (χ3v) is 3.48. The van der Waals surface area contributed by atoms with Crippen molar-refractivity contribution in [3.63, 3.8) is 0 Å². The number of aliphatic carboxylic acids is 1. The van der Waals surface area contributed by atoms with E-state index in [4.69, 9.17) is 5.11 Å². The number of carbonyl (C=O) groups is 2. The second-order valence-electron chi connectivity index (χ2n) is 4.19. The first-order chi connectivity index (χ1) is 7.90. The Balaban J connectivity index is 2.47. The lowest BCUT2D eigenvalue weighted by atomic mass is 10.1. The fourth-order valence-electron chi connectivity index (χ4n) is 1.43. The van der Waals surface area contributed by atoms with E-state index in [1.165, 1.54) is 16.7 Å². The lowest BCUT2D eigenvalue weighted by molar-refractivity contribution is -0.146. The van der Waals surface area contributed by atoms with Crippen molar-refractivity contribution in [1.82, 2.24) is 5.32 Å². The van der Waals surface area contributed by atoms with Gasteiger partial charge in [-0.1, -0.05) is 0 Å². The van der Waals surface area contributed by atoms with Crippen LogP contribution in [0.3, 0.4) is 0 Å². The summed E-state index contributed by atoms with van der Waals surface area (Å²) in [6, 6.07) is 4.01. The van der Waals surface area contributed by atoms with Crippen LogP contribution >= 0.6 is 11.3 Å². The molecule has 0 aliphatic carbocycles. The predicted octanol–water partition coefficient (Wildman–Crippen LogP) is 1.82. The quantitative estimate of drug-likeness (QED) is 0.789. The van der Waals surface area contributed by atoms with Crippen LogP contribution in [0.2, 0.25) is 0 Å². The molecule has 4 nitrogen and oxygen atoms in total. The molecule has 0 aliphatic heterocycles. The Morgan fingerprint density at radius 1 is 1.41 bits per heavy atom. The number of hydrogen-bond donors (Lipinski definition) is 2. The number of thiophene rings is 1. The monoisotopic (exact) mass is 255 g/mol. The smallest absolute Gasteiger partial charge is 0.315 e. The second-order valence-corrected chi connectivity index (χ2v) is 5.56. The van der Waals surface area contributed by atoms with E-state index in [0.717, 1.165) is 6.42 Å². The summed E-state index contributed by atoms with van der Waals surface area (Å²) < 4.78 is 0. The van der Waals surface area contributed by atoms with Gasteiger partial charge in [-0.2, -0.15) is 0 Å². The van der Waals surface area contributed by atoms with Gasteiger partial charge in [0.2, 0.25) is 5.91 Å². The maximum Gasteiger partial charge on any atom is 0.315 e. The molecule has 0 saturated heterocycles. The molecule has 2 N–H and O–H groups in total. The molecule has 94 valence electrons. The van der Waals surface area contributed by atoms with E-state index in [2.05, 4.69) is 5.32 Å². The molecule has 5 heteroatoms. The summed E-state index contributed by atoms with van der Waals surface area (Å²) in [4.78, 5) is 24.6. The zero-order chi connectivity index (χ0) is 13.0. The van der Waals surface area contributed by atoms with E-state index in [1.54, 1.807) is 11.3 Å². The van der Waals surface area contributed by atoms with Crippen LogP contribution in [0.25, 0.3) is 0 Å². The van der Waals surface area contributed by atoms with E-state index in [9.17, 15) is 9.59 Å². The van der Waals surface area contributed by atoms with Gasteiger partial charge >= 0.3 is 5.97 Å². The molecule has 0 bridgehead atoms. The van der Waals surface area contributed by atoms with Gasteiger partial charge in [0.25, 0.3) is 0 Å². The number of amides is 1. The Hall–Kier alpha value is -1.36. The minimum absolute atomic E-state index is 0.0534. The molecule has 1 aromatic heterocycles. The minimum atomic E-state index is -1.10. The molecule has 2 atom stereocenters. The molecule has 0 aromatic carbocycles. The van der Waals surface area contributed by atoms with E-state index < -0.39 is 17.8 Å². The van der Waals surface area contributed by atoms with Gasteiger partial charge in [0.15, 0.2) is 0 Å². The van der Waals surface area contributed by atoms with Crippen LogP contribution in [0.15, 0.2) is 12.1 Å². The van der Waals surface area contributed by atoms with Crippen molar-refractivity contribution in [2.75, 3.05) is 0 Å². The lowest BCUT2D eigenvalue weighted by Crippen LogP contribution is -2.39. The second kappa shape index (κ2) is 5.82. The van der Waals surface area contributed by atoms with Crippen LogP contribution in [0.1, 0.15) is 23.6 Å². The zero-order valence-corrected chi connectivity index (χ0v) is 11.0. The van der Waals surface area contributed by atoms with Gasteiger partial charge in [0.1, 0.15) is 5.92 Å². The number of carboxylic acid groups (broad SMARTS) is 1. The molecular weight excluding hydrogens is 238 g/mol. The average Bonchev–Trinajstić information content (AvgIpc) is 2.62. The maximum atomic E-state index is 11.5. The largest absolute Gasteiger partial charge is 0.481 e. The van der Waals surface area contributed by atoms with Crippen LogP contribution in [0.4, 0.5) is 0 Å². The van der Waals surface area contributed by atoms with Gasteiger partial charge in [-0.05, 0) is 32.9 Å². The average molecular weight is 255 g/mol. The summed E-state index contributed by atoms with van der Waals surface area (Å²) in [5.74, 6) is -2.53. The normalized spacial score (nSPS) is 14.1. The Morgan fingerprint density at radius 3 is 2.53 bits per heavy atom. The first kappa shape index (κ1) is 13.7. The molecular formula is C12H17NO3S. The Labute approximate surface area is 105 Å². The molecule has 0 fully saturated rings. The minimum Gasteiger partial charge on any atom is -0.481 e. The van der Waals surface area contributed by atoms with Crippen molar-refractivity contribution in [2.45, 2.75) is 33.2 Å². The molecule has 17 heavy (non-hydrogen) atoms. The van der Waals surface area contributed by atoms with E-state index >= 15 is 0 Å². The Bertz CT molecular complexity index is 414. The molecule has 1 heterocycles. The number of aryl methyl sites for hydroxylation is 1. The molecule has 0 radical (unpaired) electrons. The van der Waals surface area contributed by atoms with Crippen molar-refractivity contribution >= 4 is 23.2 Å².